The largest absolute Gasteiger partial charge is 0.496 e. The summed E-state index contributed by atoms with van der Waals surface area (Å²) in [5, 5.41) is 2.68. The quantitative estimate of drug-likeness (QED) is 0.807. The molecule has 2 rings (SSSR count). The number of nitrogens with one attached hydrogen (secondary N) is 1. The predicted octanol–water partition coefficient (Wildman–Crippen LogP) is 2.31. The summed E-state index contributed by atoms with van der Waals surface area (Å²) in [6, 6.07) is 4.98. The number of benzene rings is 1. The maximum atomic E-state index is 13.5. The number of rotatable bonds is 1. The number of ether oxygens (including phenoxy) is 1. The highest BCUT2D eigenvalue weighted by atomic mass is 35.5. The summed E-state index contributed by atoms with van der Waals surface area (Å²) in [6.07, 6.45) is 0. The van der Waals surface area contributed by atoms with Crippen molar-refractivity contribution in [3.63, 3.8) is 0 Å². The van der Waals surface area contributed by atoms with Crippen LogP contribution in [0.15, 0.2) is 18.2 Å². The van der Waals surface area contributed by atoms with E-state index in [0.29, 0.717) is 12.1 Å². The van der Waals surface area contributed by atoms with E-state index in [1.807, 2.05) is 0 Å². The van der Waals surface area contributed by atoms with Gasteiger partial charge in [0.05, 0.1) is 19.2 Å². The van der Waals surface area contributed by atoms with Gasteiger partial charge in [0.25, 0.3) is 5.92 Å². The Bertz CT molecular complexity index is 343. The third kappa shape index (κ3) is 2.06. The lowest BCUT2D eigenvalue weighted by Gasteiger charge is -2.27. The Hall–Kier alpha value is -0.870. The molecule has 1 aliphatic rings. The van der Waals surface area contributed by atoms with Crippen LogP contribution in [0.25, 0.3) is 0 Å². The lowest BCUT2D eigenvalue weighted by molar-refractivity contribution is -0.0129. The van der Waals surface area contributed by atoms with Gasteiger partial charge in [-0.25, -0.2) is 0 Å². The summed E-state index contributed by atoms with van der Waals surface area (Å²) in [5.74, 6) is -2.56. The zero-order valence-corrected chi connectivity index (χ0v) is 9.04. The molecule has 0 radical (unpaired) electrons. The summed E-state index contributed by atoms with van der Waals surface area (Å²) in [5.41, 5.74) is 0.641. The van der Waals surface area contributed by atoms with Crippen LogP contribution in [0.2, 0.25) is 0 Å². The van der Waals surface area contributed by atoms with E-state index >= 15 is 0 Å². The van der Waals surface area contributed by atoms with Crippen molar-refractivity contribution in [1.29, 1.82) is 0 Å². The van der Waals surface area contributed by atoms with E-state index in [4.69, 9.17) is 4.74 Å². The van der Waals surface area contributed by atoms with Crippen molar-refractivity contribution in [1.82, 2.24) is 5.32 Å². The zero-order chi connectivity index (χ0) is 10.2. The van der Waals surface area contributed by atoms with Gasteiger partial charge in [-0.2, -0.15) is 8.78 Å². The van der Waals surface area contributed by atoms with Gasteiger partial charge in [-0.1, -0.05) is 12.1 Å². The summed E-state index contributed by atoms with van der Waals surface area (Å²) in [6.45, 7) is 0.155. The highest BCUT2D eigenvalue weighted by Gasteiger charge is 2.39. The van der Waals surface area contributed by atoms with Gasteiger partial charge in [-0.15, -0.1) is 12.4 Å². The summed E-state index contributed by atoms with van der Waals surface area (Å²) < 4.78 is 31.9. The third-order valence-electron chi connectivity index (χ3n) is 2.36. The molecule has 0 aliphatic carbocycles. The monoisotopic (exact) mass is 235 g/mol. The lowest BCUT2D eigenvalue weighted by atomic mass is 9.97. The van der Waals surface area contributed by atoms with Crippen molar-refractivity contribution in [3.8, 4) is 5.75 Å². The van der Waals surface area contributed by atoms with Crippen LogP contribution in [0.3, 0.4) is 0 Å². The molecule has 0 fully saturated rings. The molecule has 1 N–H and O–H groups in total. The van der Waals surface area contributed by atoms with Gasteiger partial charge in [0.1, 0.15) is 5.75 Å². The van der Waals surface area contributed by atoms with Crippen LogP contribution in [-0.2, 0) is 12.5 Å². The van der Waals surface area contributed by atoms with Gasteiger partial charge in [0.2, 0.25) is 0 Å². The first kappa shape index (κ1) is 12.2. The van der Waals surface area contributed by atoms with E-state index in [2.05, 4.69) is 5.32 Å². The molecule has 1 aliphatic heterocycles. The Kier molecular flexibility index (Phi) is 3.52. The highest BCUT2D eigenvalue weighted by Crippen LogP contribution is 2.39. The van der Waals surface area contributed by atoms with E-state index in [1.165, 1.54) is 7.11 Å². The number of hydrogen-bond donors (Lipinski definition) is 1. The SMILES string of the molecule is COc1cccc2c1C(F)(F)CNC2.Cl. The van der Waals surface area contributed by atoms with Crippen molar-refractivity contribution in [3.05, 3.63) is 29.3 Å². The van der Waals surface area contributed by atoms with E-state index in [1.54, 1.807) is 18.2 Å². The standard InChI is InChI=1S/C10H11F2NO.ClH/c1-14-8-4-2-3-7-5-13-6-10(11,12)9(7)8;/h2-4,13H,5-6H2,1H3;1H. The number of hydrogen-bond acceptors (Lipinski definition) is 2. The minimum atomic E-state index is -2.83. The zero-order valence-electron chi connectivity index (χ0n) is 8.22. The highest BCUT2D eigenvalue weighted by molar-refractivity contribution is 5.85. The van der Waals surface area contributed by atoms with E-state index in [-0.39, 0.29) is 30.3 Å². The van der Waals surface area contributed by atoms with Crippen molar-refractivity contribution >= 4 is 12.4 Å². The molecule has 0 aromatic heterocycles. The molecule has 84 valence electrons. The number of halogens is 3. The first-order valence-electron chi connectivity index (χ1n) is 4.40. The Labute approximate surface area is 93.0 Å². The molecule has 0 atom stereocenters. The topological polar surface area (TPSA) is 21.3 Å². The minimum Gasteiger partial charge on any atom is -0.496 e. The van der Waals surface area contributed by atoms with Crippen molar-refractivity contribution in [2.75, 3.05) is 13.7 Å². The van der Waals surface area contributed by atoms with Gasteiger partial charge in [-0.3, -0.25) is 0 Å². The van der Waals surface area contributed by atoms with Crippen molar-refractivity contribution in [2.45, 2.75) is 12.5 Å². The fourth-order valence-corrected chi connectivity index (χ4v) is 1.75. The molecule has 1 heterocycles. The number of fused-ring (bicyclic) bond motifs is 1. The smallest absolute Gasteiger partial charge is 0.289 e. The summed E-state index contributed by atoms with van der Waals surface area (Å²) >= 11 is 0. The van der Waals surface area contributed by atoms with Crippen LogP contribution in [0, 0.1) is 0 Å². The fourth-order valence-electron chi connectivity index (χ4n) is 1.75. The van der Waals surface area contributed by atoms with Crippen LogP contribution in [0.1, 0.15) is 11.1 Å². The van der Waals surface area contributed by atoms with Gasteiger partial charge in [0, 0.05) is 6.54 Å². The average molecular weight is 236 g/mol. The normalized spacial score (nSPS) is 17.5. The maximum Gasteiger partial charge on any atom is 0.289 e. The molecule has 1 aromatic rings. The second-order valence-corrected chi connectivity index (χ2v) is 3.30. The summed E-state index contributed by atoms with van der Waals surface area (Å²) in [4.78, 5) is 0. The molecule has 0 saturated carbocycles. The summed E-state index contributed by atoms with van der Waals surface area (Å²) in [7, 11) is 1.41. The Morgan fingerprint density at radius 2 is 2.13 bits per heavy atom. The molecular weight excluding hydrogens is 224 g/mol. The fraction of sp³-hybridized carbons (Fsp3) is 0.400. The molecule has 1 aromatic carbocycles. The molecule has 0 unspecified atom stereocenters. The van der Waals surface area contributed by atoms with Crippen LogP contribution in [0.5, 0.6) is 5.75 Å². The molecule has 2 nitrogen and oxygen atoms in total. The maximum absolute atomic E-state index is 13.5. The van der Waals surface area contributed by atoms with Crippen molar-refractivity contribution < 1.29 is 13.5 Å². The first-order valence-corrected chi connectivity index (χ1v) is 4.40. The van der Waals surface area contributed by atoms with Crippen molar-refractivity contribution in [2.24, 2.45) is 0 Å². The second kappa shape index (κ2) is 4.33. The molecular formula is C10H12ClF2NO. The van der Waals surface area contributed by atoms with Gasteiger partial charge >= 0.3 is 0 Å². The van der Waals surface area contributed by atoms with E-state index in [9.17, 15) is 8.78 Å². The minimum absolute atomic E-state index is 0. The molecule has 0 amide bonds. The molecule has 0 bridgehead atoms. The molecule has 15 heavy (non-hydrogen) atoms. The second-order valence-electron chi connectivity index (χ2n) is 3.30. The predicted molar refractivity (Wildman–Crippen MR) is 55.8 cm³/mol. The Morgan fingerprint density at radius 3 is 2.80 bits per heavy atom. The number of alkyl halides is 2. The first-order chi connectivity index (χ1) is 6.65. The van der Waals surface area contributed by atoms with Crippen LogP contribution in [-0.4, -0.2) is 13.7 Å². The Morgan fingerprint density at radius 1 is 1.40 bits per heavy atom. The van der Waals surface area contributed by atoms with Crippen LogP contribution < -0.4 is 10.1 Å². The van der Waals surface area contributed by atoms with Gasteiger partial charge in [-0.05, 0) is 11.6 Å². The van der Waals surface area contributed by atoms with Gasteiger partial charge < -0.3 is 10.1 Å². The molecule has 0 saturated heterocycles. The van der Waals surface area contributed by atoms with E-state index < -0.39 is 5.92 Å². The Balaban J connectivity index is 0.00000112. The molecule has 5 heteroatoms. The van der Waals surface area contributed by atoms with Gasteiger partial charge in [0.15, 0.2) is 0 Å². The lowest BCUT2D eigenvalue weighted by Crippen LogP contribution is -2.37. The molecule has 0 spiro atoms. The number of methoxy groups -OCH3 is 1. The third-order valence-corrected chi connectivity index (χ3v) is 2.36. The van der Waals surface area contributed by atoms with Crippen LogP contribution >= 0.6 is 12.4 Å². The van der Waals surface area contributed by atoms with Crippen LogP contribution in [0.4, 0.5) is 8.78 Å². The average Bonchev–Trinajstić information content (AvgIpc) is 2.16. The van der Waals surface area contributed by atoms with E-state index in [0.717, 1.165) is 0 Å².